The van der Waals surface area contributed by atoms with Gasteiger partial charge in [0.15, 0.2) is 9.84 Å². The molecule has 0 aliphatic carbocycles. The number of carbonyl (C=O) groups is 1. The summed E-state index contributed by atoms with van der Waals surface area (Å²) in [6.45, 7) is 3.24. The van der Waals surface area contributed by atoms with Crippen molar-refractivity contribution >= 4 is 31.5 Å². The van der Waals surface area contributed by atoms with Gasteiger partial charge in [0.05, 0.1) is 22.9 Å². The van der Waals surface area contributed by atoms with Crippen LogP contribution in [0.5, 0.6) is 11.5 Å². The van der Waals surface area contributed by atoms with Gasteiger partial charge in [-0.05, 0) is 67.9 Å². The molecule has 0 heterocycles. The van der Waals surface area contributed by atoms with Gasteiger partial charge in [-0.15, -0.1) is 0 Å². The van der Waals surface area contributed by atoms with Crippen molar-refractivity contribution in [3.63, 3.8) is 0 Å². The Morgan fingerprint density at radius 3 is 1.86 bits per heavy atom. The molecule has 2 unspecified atom stereocenters. The lowest BCUT2D eigenvalue weighted by atomic mass is 10.1. The van der Waals surface area contributed by atoms with E-state index in [1.165, 1.54) is 19.1 Å². The first kappa shape index (κ1) is 26.2. The van der Waals surface area contributed by atoms with Gasteiger partial charge in [0.25, 0.3) is 0 Å². The van der Waals surface area contributed by atoms with Gasteiger partial charge in [0, 0.05) is 6.26 Å². The van der Waals surface area contributed by atoms with Crippen molar-refractivity contribution in [3.8, 4) is 11.5 Å². The first-order chi connectivity index (χ1) is 16.4. The Labute approximate surface area is 206 Å². The van der Waals surface area contributed by atoms with Gasteiger partial charge in [-0.25, -0.2) is 16.8 Å². The number of sulfone groups is 1. The Morgan fingerprint density at radius 1 is 0.800 bits per heavy atom. The molecule has 186 valence electrons. The van der Waals surface area contributed by atoms with Gasteiger partial charge >= 0.3 is 0 Å². The fourth-order valence-electron chi connectivity index (χ4n) is 3.52. The van der Waals surface area contributed by atoms with E-state index >= 15 is 0 Å². The van der Waals surface area contributed by atoms with E-state index in [9.17, 15) is 21.6 Å². The van der Waals surface area contributed by atoms with Gasteiger partial charge in [-0.1, -0.05) is 30.3 Å². The van der Waals surface area contributed by atoms with E-state index in [-0.39, 0.29) is 4.90 Å². The van der Waals surface area contributed by atoms with Crippen LogP contribution in [-0.4, -0.2) is 41.3 Å². The van der Waals surface area contributed by atoms with Gasteiger partial charge in [0.1, 0.15) is 17.5 Å². The molecule has 2 atom stereocenters. The summed E-state index contributed by atoms with van der Waals surface area (Å²) >= 11 is 0. The average molecular weight is 517 g/mol. The Kier molecular flexibility index (Phi) is 7.86. The van der Waals surface area contributed by atoms with Gasteiger partial charge in [-0.2, -0.15) is 0 Å². The predicted molar refractivity (Wildman–Crippen MR) is 136 cm³/mol. The van der Waals surface area contributed by atoms with E-state index in [0.717, 1.165) is 16.8 Å². The molecule has 0 saturated heterocycles. The van der Waals surface area contributed by atoms with Crippen molar-refractivity contribution in [1.82, 2.24) is 5.32 Å². The molecular formula is C25H28N2O6S2. The Bertz CT molecular complexity index is 1370. The first-order valence-electron chi connectivity index (χ1n) is 10.8. The number of benzene rings is 3. The monoisotopic (exact) mass is 516 g/mol. The molecule has 0 saturated carbocycles. The third-order valence-corrected chi connectivity index (χ3v) is 7.70. The van der Waals surface area contributed by atoms with Gasteiger partial charge in [0.2, 0.25) is 15.9 Å². The molecule has 3 aromatic carbocycles. The summed E-state index contributed by atoms with van der Waals surface area (Å²) in [7, 11) is -7.12. The van der Waals surface area contributed by atoms with Crippen LogP contribution < -0.4 is 14.4 Å². The molecule has 0 aliphatic rings. The van der Waals surface area contributed by atoms with E-state index in [2.05, 4.69) is 5.32 Å². The highest BCUT2D eigenvalue weighted by Gasteiger charge is 2.30. The van der Waals surface area contributed by atoms with E-state index in [0.29, 0.717) is 22.7 Å². The minimum Gasteiger partial charge on any atom is -0.457 e. The summed E-state index contributed by atoms with van der Waals surface area (Å²) < 4.78 is 55.3. The molecule has 0 radical (unpaired) electrons. The molecule has 1 N–H and O–H groups in total. The molecule has 3 aromatic rings. The zero-order valence-electron chi connectivity index (χ0n) is 19.9. The van der Waals surface area contributed by atoms with E-state index in [1.54, 1.807) is 55.5 Å². The van der Waals surface area contributed by atoms with Crippen molar-refractivity contribution in [2.75, 3.05) is 16.8 Å². The van der Waals surface area contributed by atoms with Crippen molar-refractivity contribution in [3.05, 3.63) is 84.4 Å². The van der Waals surface area contributed by atoms with Crippen LogP contribution in [0.4, 0.5) is 5.69 Å². The van der Waals surface area contributed by atoms with Crippen LogP contribution in [0.1, 0.15) is 25.5 Å². The third-order valence-electron chi connectivity index (χ3n) is 5.33. The third kappa shape index (κ3) is 6.83. The zero-order valence-corrected chi connectivity index (χ0v) is 21.5. The number of rotatable bonds is 9. The van der Waals surface area contributed by atoms with Crippen molar-refractivity contribution in [2.24, 2.45) is 0 Å². The smallest absolute Gasteiger partial charge is 0.244 e. The van der Waals surface area contributed by atoms with Crippen LogP contribution in [0.3, 0.4) is 0 Å². The molecule has 10 heteroatoms. The first-order valence-corrected chi connectivity index (χ1v) is 14.5. The zero-order chi connectivity index (χ0) is 25.8. The number of hydrogen-bond acceptors (Lipinski definition) is 6. The highest BCUT2D eigenvalue weighted by atomic mass is 32.2. The topological polar surface area (TPSA) is 110 Å². The summed E-state index contributed by atoms with van der Waals surface area (Å²) in [5, 5.41) is 2.80. The lowest BCUT2D eigenvalue weighted by Crippen LogP contribution is -2.48. The summed E-state index contributed by atoms with van der Waals surface area (Å²) in [6.07, 6.45) is 2.16. The highest BCUT2D eigenvalue weighted by Crippen LogP contribution is 2.27. The van der Waals surface area contributed by atoms with Crippen LogP contribution >= 0.6 is 0 Å². The number of sulfonamides is 1. The SMILES string of the molecule is CC(NC(=O)C(C)N(c1ccc(Oc2ccccc2)cc1)S(C)(=O)=O)c1ccc(S(C)(=O)=O)cc1. The van der Waals surface area contributed by atoms with Crippen LogP contribution in [0.15, 0.2) is 83.8 Å². The number of amides is 1. The van der Waals surface area contributed by atoms with E-state index in [1.807, 2.05) is 18.2 Å². The normalized spacial score (nSPS) is 13.5. The number of ether oxygens (including phenoxy) is 1. The molecule has 8 nitrogen and oxygen atoms in total. The fraction of sp³-hybridized carbons (Fsp3) is 0.240. The van der Waals surface area contributed by atoms with Gasteiger partial charge in [-0.3, -0.25) is 9.10 Å². The van der Waals surface area contributed by atoms with Crippen molar-refractivity contribution < 1.29 is 26.4 Å². The summed E-state index contributed by atoms with van der Waals surface area (Å²) in [4.78, 5) is 13.2. The second-order valence-electron chi connectivity index (χ2n) is 8.22. The maximum Gasteiger partial charge on any atom is 0.244 e. The second kappa shape index (κ2) is 10.5. The lowest BCUT2D eigenvalue weighted by molar-refractivity contribution is -0.122. The number of anilines is 1. The fourth-order valence-corrected chi connectivity index (χ4v) is 5.32. The molecule has 35 heavy (non-hydrogen) atoms. The quantitative estimate of drug-likeness (QED) is 0.462. The average Bonchev–Trinajstić information content (AvgIpc) is 2.79. The lowest BCUT2D eigenvalue weighted by Gasteiger charge is -2.29. The summed E-state index contributed by atoms with van der Waals surface area (Å²) in [5.74, 6) is 0.669. The van der Waals surface area contributed by atoms with Crippen LogP contribution in [-0.2, 0) is 24.7 Å². The Morgan fingerprint density at radius 2 is 1.34 bits per heavy atom. The minimum absolute atomic E-state index is 0.177. The largest absolute Gasteiger partial charge is 0.457 e. The number of nitrogens with one attached hydrogen (secondary N) is 1. The highest BCUT2D eigenvalue weighted by molar-refractivity contribution is 7.92. The van der Waals surface area contributed by atoms with Crippen molar-refractivity contribution in [1.29, 1.82) is 0 Å². The minimum atomic E-state index is -3.79. The Balaban J connectivity index is 1.76. The number of para-hydroxylation sites is 1. The van der Waals surface area contributed by atoms with E-state index in [4.69, 9.17) is 4.74 Å². The standard InChI is InChI=1S/C25H28N2O6S2/c1-18(20-10-16-24(17-11-20)34(3,29)30)26-25(28)19(2)27(35(4,31)32)21-12-14-23(15-13-21)33-22-8-6-5-7-9-22/h5-19H,1-4H3,(H,26,28). The maximum absolute atomic E-state index is 13.0. The molecule has 0 aromatic heterocycles. The second-order valence-corrected chi connectivity index (χ2v) is 12.1. The van der Waals surface area contributed by atoms with Crippen LogP contribution in [0.2, 0.25) is 0 Å². The summed E-state index contributed by atoms with van der Waals surface area (Å²) in [6, 6.07) is 20.3. The molecule has 0 bridgehead atoms. The Hall–Kier alpha value is -3.37. The number of nitrogens with zero attached hydrogens (tertiary/aromatic N) is 1. The predicted octanol–water partition coefficient (Wildman–Crippen LogP) is 3.91. The van der Waals surface area contributed by atoms with Crippen molar-refractivity contribution in [2.45, 2.75) is 30.8 Å². The molecule has 1 amide bonds. The number of carbonyl (C=O) groups excluding carboxylic acids is 1. The van der Waals surface area contributed by atoms with Gasteiger partial charge < -0.3 is 10.1 Å². The maximum atomic E-state index is 13.0. The van der Waals surface area contributed by atoms with E-state index < -0.39 is 37.9 Å². The summed E-state index contributed by atoms with van der Waals surface area (Å²) in [5.41, 5.74) is 1.01. The molecular weight excluding hydrogens is 488 g/mol. The molecule has 0 fully saturated rings. The van der Waals surface area contributed by atoms with Crippen LogP contribution in [0.25, 0.3) is 0 Å². The molecule has 0 aliphatic heterocycles. The number of hydrogen-bond donors (Lipinski definition) is 1. The van der Waals surface area contributed by atoms with Crippen LogP contribution in [0, 0.1) is 0 Å². The molecule has 3 rings (SSSR count). The molecule has 0 spiro atoms.